The molecular formula is C29H36N2O7. The largest absolute Gasteiger partial charge is 0.510 e. The Balaban J connectivity index is 1.58. The highest BCUT2D eigenvalue weighted by atomic mass is 16.3. The number of phenols is 1. The summed E-state index contributed by atoms with van der Waals surface area (Å²) >= 11 is 0. The molecule has 0 heterocycles. The van der Waals surface area contributed by atoms with Gasteiger partial charge in [0.25, 0.3) is 5.91 Å². The average molecular weight is 525 g/mol. The summed E-state index contributed by atoms with van der Waals surface area (Å²) in [7, 11) is 3.24. The Morgan fingerprint density at radius 1 is 1.11 bits per heavy atom. The molecule has 9 nitrogen and oxygen atoms in total. The van der Waals surface area contributed by atoms with Crippen LogP contribution in [0.15, 0.2) is 34.8 Å². The molecule has 9 heteroatoms. The van der Waals surface area contributed by atoms with Crippen LogP contribution in [0.25, 0.3) is 0 Å². The number of aliphatic hydroxyl groups excluding tert-OH is 2. The van der Waals surface area contributed by atoms with Crippen molar-refractivity contribution in [3.8, 4) is 5.75 Å². The molecule has 5 rings (SSSR count). The monoisotopic (exact) mass is 524 g/mol. The molecule has 0 radical (unpaired) electrons. The van der Waals surface area contributed by atoms with E-state index in [9.17, 15) is 34.8 Å². The standard InChI is InChI=1S/C29H36N2O7/c1-31(2)23-18-13-16-12-17-15(9-8-14-6-4-3-5-7-14)10-11-19(32)21(17)24(33)20(16)26(35)29(18,38)27(36)22(25(23)34)28(30)37/h10-11,14,16,18,23,32,34-35,38H,3-9,12-13H2,1-2H3,(H2,30,37)/t16-,18-,23-,29-/m1/s1. The van der Waals surface area contributed by atoms with E-state index in [2.05, 4.69) is 0 Å². The van der Waals surface area contributed by atoms with Crippen LogP contribution < -0.4 is 5.73 Å². The number of amides is 1. The van der Waals surface area contributed by atoms with Crippen molar-refractivity contribution < 1.29 is 34.8 Å². The summed E-state index contributed by atoms with van der Waals surface area (Å²) in [5, 5.41) is 44.6. The van der Waals surface area contributed by atoms with Gasteiger partial charge in [-0.25, -0.2) is 0 Å². The average Bonchev–Trinajstić information content (AvgIpc) is 2.86. The Hall–Kier alpha value is -3.17. The van der Waals surface area contributed by atoms with Crippen molar-refractivity contribution in [1.82, 2.24) is 4.90 Å². The lowest BCUT2D eigenvalue weighted by atomic mass is 9.58. The summed E-state index contributed by atoms with van der Waals surface area (Å²) in [6.45, 7) is 0. The fourth-order valence-electron chi connectivity index (χ4n) is 7.38. The van der Waals surface area contributed by atoms with Crippen LogP contribution in [0, 0.1) is 17.8 Å². The zero-order valence-corrected chi connectivity index (χ0v) is 21.9. The number of aromatic hydroxyl groups is 1. The first-order chi connectivity index (χ1) is 18.0. The predicted octanol–water partition coefficient (Wildman–Crippen LogP) is 2.63. The Kier molecular flexibility index (Phi) is 6.64. The van der Waals surface area contributed by atoms with Crippen molar-refractivity contribution >= 4 is 17.5 Å². The summed E-state index contributed by atoms with van der Waals surface area (Å²) in [5.41, 5.74) is 3.65. The van der Waals surface area contributed by atoms with Crippen molar-refractivity contribution in [2.24, 2.45) is 23.5 Å². The van der Waals surface area contributed by atoms with Crippen molar-refractivity contribution in [1.29, 1.82) is 0 Å². The highest BCUT2D eigenvalue weighted by molar-refractivity contribution is 6.24. The summed E-state index contributed by atoms with van der Waals surface area (Å²) < 4.78 is 0. The maximum Gasteiger partial charge on any atom is 0.255 e. The number of hydrogen-bond donors (Lipinski definition) is 5. The van der Waals surface area contributed by atoms with Gasteiger partial charge >= 0.3 is 0 Å². The normalized spacial score (nSPS) is 29.8. The van der Waals surface area contributed by atoms with E-state index in [1.807, 2.05) is 6.07 Å². The summed E-state index contributed by atoms with van der Waals surface area (Å²) in [6.07, 6.45) is 8.36. The lowest BCUT2D eigenvalue weighted by molar-refractivity contribution is -0.148. The van der Waals surface area contributed by atoms with E-state index < -0.39 is 58.0 Å². The number of primary amides is 1. The topological polar surface area (TPSA) is 161 Å². The fraction of sp³-hybridized carbons (Fsp3) is 0.552. The van der Waals surface area contributed by atoms with Crippen LogP contribution in [0.5, 0.6) is 5.75 Å². The highest BCUT2D eigenvalue weighted by Crippen LogP contribution is 2.52. The van der Waals surface area contributed by atoms with Crippen LogP contribution in [0.3, 0.4) is 0 Å². The van der Waals surface area contributed by atoms with Gasteiger partial charge in [0, 0.05) is 11.5 Å². The van der Waals surface area contributed by atoms with E-state index in [1.165, 1.54) is 38.2 Å². The molecule has 1 saturated carbocycles. The Bertz CT molecular complexity index is 1270. The van der Waals surface area contributed by atoms with Crippen LogP contribution >= 0.6 is 0 Å². The number of carbonyl (C=O) groups excluding carboxylic acids is 3. The summed E-state index contributed by atoms with van der Waals surface area (Å²) in [6, 6.07) is 2.36. The molecule has 4 atom stereocenters. The van der Waals surface area contributed by atoms with E-state index >= 15 is 0 Å². The molecular weight excluding hydrogens is 488 g/mol. The SMILES string of the molecule is CN(C)[C@H]1C(O)=C(C(N)=O)C(=O)[C@]2(O)C(O)=C3C(=O)c4c(O)ccc(CCC5CCCCC5)c4C[C@@H]3C[C@H]12. The molecule has 0 unspecified atom stereocenters. The van der Waals surface area contributed by atoms with E-state index in [-0.39, 0.29) is 23.3 Å². The van der Waals surface area contributed by atoms with Gasteiger partial charge in [-0.05, 0) is 68.8 Å². The molecule has 0 spiro atoms. The third-order valence-electron chi connectivity index (χ3n) is 9.25. The number of carbonyl (C=O) groups is 3. The number of allylic oxidation sites excluding steroid dienone is 1. The predicted molar refractivity (Wildman–Crippen MR) is 139 cm³/mol. The maximum absolute atomic E-state index is 13.8. The fourth-order valence-corrected chi connectivity index (χ4v) is 7.38. The molecule has 4 aliphatic rings. The van der Waals surface area contributed by atoms with Gasteiger partial charge in [-0.15, -0.1) is 0 Å². The van der Waals surface area contributed by atoms with Gasteiger partial charge < -0.3 is 26.2 Å². The van der Waals surface area contributed by atoms with Gasteiger partial charge in [-0.1, -0.05) is 38.2 Å². The van der Waals surface area contributed by atoms with Gasteiger partial charge in [-0.2, -0.15) is 0 Å². The zero-order chi connectivity index (χ0) is 27.5. The number of hydrogen-bond acceptors (Lipinski definition) is 8. The summed E-state index contributed by atoms with van der Waals surface area (Å²) in [4.78, 5) is 40.8. The van der Waals surface area contributed by atoms with Crippen molar-refractivity contribution in [2.75, 3.05) is 14.1 Å². The van der Waals surface area contributed by atoms with E-state index in [0.29, 0.717) is 12.3 Å². The lowest BCUT2D eigenvalue weighted by Crippen LogP contribution is -2.63. The number of fused-ring (bicyclic) bond motifs is 3. The molecule has 1 aromatic rings. The minimum absolute atomic E-state index is 0.0897. The number of rotatable bonds is 5. The molecule has 0 aliphatic heterocycles. The van der Waals surface area contributed by atoms with Crippen molar-refractivity contribution in [3.63, 3.8) is 0 Å². The number of ketones is 2. The van der Waals surface area contributed by atoms with Crippen LogP contribution in [0.4, 0.5) is 0 Å². The second-order valence-electron chi connectivity index (χ2n) is 11.6. The van der Waals surface area contributed by atoms with Crippen LogP contribution in [-0.4, -0.2) is 68.5 Å². The summed E-state index contributed by atoms with van der Waals surface area (Å²) in [5.74, 6) is -5.61. The maximum atomic E-state index is 13.8. The van der Waals surface area contributed by atoms with Crippen LogP contribution in [-0.2, 0) is 22.4 Å². The lowest BCUT2D eigenvalue weighted by Gasteiger charge is -2.50. The molecule has 204 valence electrons. The molecule has 6 N–H and O–H groups in total. The molecule has 1 aromatic carbocycles. The van der Waals surface area contributed by atoms with Crippen molar-refractivity contribution in [3.05, 3.63) is 51.5 Å². The third-order valence-corrected chi connectivity index (χ3v) is 9.25. The number of nitrogens with two attached hydrogens (primary N) is 1. The number of aryl methyl sites for hydroxylation is 1. The molecule has 0 saturated heterocycles. The Labute approximate surface area is 221 Å². The number of Topliss-reactive ketones (excluding diaryl/α,β-unsaturated/α-hetero) is 2. The number of aliphatic hydroxyl groups is 3. The first-order valence-corrected chi connectivity index (χ1v) is 13.5. The molecule has 1 amide bonds. The highest BCUT2D eigenvalue weighted by Gasteiger charge is 2.63. The molecule has 0 aromatic heterocycles. The Morgan fingerprint density at radius 2 is 1.79 bits per heavy atom. The van der Waals surface area contributed by atoms with Gasteiger partial charge in [-0.3, -0.25) is 19.3 Å². The second-order valence-corrected chi connectivity index (χ2v) is 11.6. The number of nitrogens with zero attached hydrogens (tertiary/aromatic N) is 1. The minimum atomic E-state index is -2.61. The van der Waals surface area contributed by atoms with Crippen LogP contribution in [0.1, 0.15) is 66.4 Å². The van der Waals surface area contributed by atoms with E-state index in [4.69, 9.17) is 5.73 Å². The van der Waals surface area contributed by atoms with Gasteiger partial charge in [0.05, 0.1) is 11.6 Å². The number of phenolic OH excluding ortho intramolecular Hbond substituents is 1. The van der Waals surface area contributed by atoms with Gasteiger partial charge in [0.15, 0.2) is 11.4 Å². The van der Waals surface area contributed by atoms with E-state index in [1.54, 1.807) is 19.0 Å². The first kappa shape index (κ1) is 26.4. The van der Waals surface area contributed by atoms with Crippen LogP contribution in [0.2, 0.25) is 0 Å². The minimum Gasteiger partial charge on any atom is -0.510 e. The second kappa shape index (κ2) is 9.54. The van der Waals surface area contributed by atoms with Crippen molar-refractivity contribution in [2.45, 2.75) is 69.4 Å². The third kappa shape index (κ3) is 3.86. The smallest absolute Gasteiger partial charge is 0.255 e. The number of likely N-dealkylation sites (N-methyl/N-ethyl adjacent to an activating group) is 1. The Morgan fingerprint density at radius 3 is 2.42 bits per heavy atom. The van der Waals surface area contributed by atoms with E-state index in [0.717, 1.165) is 24.0 Å². The zero-order valence-electron chi connectivity index (χ0n) is 21.9. The molecule has 0 bridgehead atoms. The first-order valence-electron chi connectivity index (χ1n) is 13.5. The molecule has 1 fully saturated rings. The number of benzene rings is 1. The molecule has 4 aliphatic carbocycles. The molecule has 38 heavy (non-hydrogen) atoms. The quantitative estimate of drug-likeness (QED) is 0.367. The van der Waals surface area contributed by atoms with Gasteiger partial charge in [0.2, 0.25) is 5.78 Å². The van der Waals surface area contributed by atoms with Gasteiger partial charge in [0.1, 0.15) is 22.8 Å².